The summed E-state index contributed by atoms with van der Waals surface area (Å²) in [5.74, 6) is 1.14. The number of thioether (sulfide) groups is 1. The second kappa shape index (κ2) is 9.54. The molecule has 0 spiro atoms. The lowest BCUT2D eigenvalue weighted by Gasteiger charge is -2.17. The molecule has 0 aromatic heterocycles. The van der Waals surface area contributed by atoms with Gasteiger partial charge in [0.25, 0.3) is 15.9 Å². The first-order chi connectivity index (χ1) is 13.5. The Balaban J connectivity index is 2.10. The fourth-order valence-corrected chi connectivity index (χ4v) is 4.39. The van der Waals surface area contributed by atoms with Crippen molar-refractivity contribution in [1.82, 2.24) is 5.32 Å². The van der Waals surface area contributed by atoms with Gasteiger partial charge in [-0.2, -0.15) is 11.8 Å². The summed E-state index contributed by atoms with van der Waals surface area (Å²) in [4.78, 5) is 12.5. The van der Waals surface area contributed by atoms with Crippen molar-refractivity contribution >= 4 is 33.4 Å². The van der Waals surface area contributed by atoms with Crippen molar-refractivity contribution in [2.24, 2.45) is 0 Å². The lowest BCUT2D eigenvalue weighted by Crippen LogP contribution is -2.27. The number of amides is 1. The first kappa shape index (κ1) is 23.1. The van der Waals surface area contributed by atoms with Crippen molar-refractivity contribution < 1.29 is 17.9 Å². The Morgan fingerprint density at radius 3 is 2.34 bits per heavy atom. The number of hydrogen-bond acceptors (Lipinski definition) is 5. The molecule has 2 aromatic rings. The van der Waals surface area contributed by atoms with Gasteiger partial charge in [0.05, 0.1) is 17.7 Å². The summed E-state index contributed by atoms with van der Waals surface area (Å²) in [5, 5.41) is 2.87. The number of methoxy groups -OCH3 is 1. The Bertz CT molecular complexity index is 950. The molecule has 2 N–H and O–H groups in total. The monoisotopic (exact) mass is 436 g/mol. The molecule has 0 atom stereocenters. The van der Waals surface area contributed by atoms with Gasteiger partial charge in [0, 0.05) is 22.6 Å². The summed E-state index contributed by atoms with van der Waals surface area (Å²) in [6.07, 6.45) is 0. The van der Waals surface area contributed by atoms with E-state index in [-0.39, 0.29) is 15.5 Å². The molecule has 0 bridgehead atoms. The van der Waals surface area contributed by atoms with Crippen LogP contribution in [0.5, 0.6) is 5.75 Å². The number of benzene rings is 2. The van der Waals surface area contributed by atoms with Crippen molar-refractivity contribution in [3.63, 3.8) is 0 Å². The number of carbonyl (C=O) groups is 1. The summed E-state index contributed by atoms with van der Waals surface area (Å²) in [7, 11) is -2.26. The zero-order valence-corrected chi connectivity index (χ0v) is 19.0. The number of ether oxygens (including phenoxy) is 1. The highest BCUT2D eigenvalue weighted by Gasteiger charge is 2.17. The number of nitrogens with one attached hydrogen (secondary N) is 2. The van der Waals surface area contributed by atoms with Crippen molar-refractivity contribution in [2.75, 3.05) is 24.1 Å². The van der Waals surface area contributed by atoms with Crippen LogP contribution in [0.4, 0.5) is 5.69 Å². The third-order valence-corrected chi connectivity index (χ3v) is 6.69. The van der Waals surface area contributed by atoms with E-state index in [0.29, 0.717) is 23.5 Å². The lowest BCUT2D eigenvalue weighted by atomic mass is 10.1. The molecule has 2 rings (SSSR count). The molecule has 0 aliphatic rings. The van der Waals surface area contributed by atoms with Crippen LogP contribution in [0.3, 0.4) is 0 Å². The highest BCUT2D eigenvalue weighted by molar-refractivity contribution is 8.00. The molecule has 2 aromatic carbocycles. The van der Waals surface area contributed by atoms with Crippen molar-refractivity contribution in [2.45, 2.75) is 37.3 Å². The molecule has 0 aliphatic heterocycles. The zero-order valence-electron chi connectivity index (χ0n) is 17.4. The topological polar surface area (TPSA) is 84.5 Å². The van der Waals surface area contributed by atoms with Gasteiger partial charge in [0.2, 0.25) is 0 Å². The first-order valence-electron chi connectivity index (χ1n) is 9.21. The second-order valence-electron chi connectivity index (χ2n) is 7.53. The molecule has 0 radical (unpaired) electrons. The van der Waals surface area contributed by atoms with E-state index in [9.17, 15) is 13.2 Å². The van der Waals surface area contributed by atoms with E-state index in [4.69, 9.17) is 4.74 Å². The smallest absolute Gasteiger partial charge is 0.261 e. The molecule has 6 nitrogen and oxygen atoms in total. The van der Waals surface area contributed by atoms with Gasteiger partial charge in [-0.15, -0.1) is 0 Å². The molecule has 0 fully saturated rings. The van der Waals surface area contributed by atoms with Gasteiger partial charge in [0.15, 0.2) is 0 Å². The minimum Gasteiger partial charge on any atom is -0.497 e. The van der Waals surface area contributed by atoms with Crippen molar-refractivity contribution in [3.05, 3.63) is 53.6 Å². The number of sulfonamides is 1. The van der Waals surface area contributed by atoms with E-state index in [1.807, 2.05) is 0 Å². The van der Waals surface area contributed by atoms with Gasteiger partial charge in [-0.05, 0) is 48.9 Å². The van der Waals surface area contributed by atoms with Crippen LogP contribution in [-0.4, -0.2) is 38.5 Å². The van der Waals surface area contributed by atoms with Crippen LogP contribution in [0.15, 0.2) is 47.4 Å². The molecule has 158 valence electrons. The average Bonchev–Trinajstić information content (AvgIpc) is 2.66. The Labute approximate surface area is 177 Å². The van der Waals surface area contributed by atoms with E-state index in [1.54, 1.807) is 49.0 Å². The number of anilines is 1. The molecule has 0 saturated heterocycles. The quantitative estimate of drug-likeness (QED) is 0.610. The van der Waals surface area contributed by atoms with Gasteiger partial charge in [-0.25, -0.2) is 8.42 Å². The van der Waals surface area contributed by atoms with Crippen molar-refractivity contribution in [1.29, 1.82) is 0 Å². The molecule has 0 aliphatic carbocycles. The number of carbonyl (C=O) groups excluding carboxylic acids is 1. The molecule has 0 unspecified atom stereocenters. The summed E-state index contributed by atoms with van der Waals surface area (Å²) in [6.45, 7) is 8.71. The van der Waals surface area contributed by atoms with Crippen LogP contribution in [0.2, 0.25) is 0 Å². The number of aryl methyl sites for hydroxylation is 1. The summed E-state index contributed by atoms with van der Waals surface area (Å²) in [6, 6.07) is 11.1. The Hall–Kier alpha value is -2.19. The molecule has 0 heterocycles. The molecule has 29 heavy (non-hydrogen) atoms. The highest BCUT2D eigenvalue weighted by atomic mass is 32.2. The highest BCUT2D eigenvalue weighted by Crippen LogP contribution is 2.24. The molecule has 1 amide bonds. The minimum absolute atomic E-state index is 0.117. The summed E-state index contributed by atoms with van der Waals surface area (Å²) >= 11 is 1.77. The van der Waals surface area contributed by atoms with Crippen molar-refractivity contribution in [3.8, 4) is 5.75 Å². The fraction of sp³-hybridized carbons (Fsp3) is 0.381. The van der Waals surface area contributed by atoms with E-state index < -0.39 is 10.0 Å². The van der Waals surface area contributed by atoms with Gasteiger partial charge in [-0.1, -0.05) is 26.8 Å². The predicted molar refractivity (Wildman–Crippen MR) is 120 cm³/mol. The zero-order chi connectivity index (χ0) is 21.7. The number of rotatable bonds is 8. The van der Waals surface area contributed by atoms with Gasteiger partial charge >= 0.3 is 0 Å². The van der Waals surface area contributed by atoms with Crippen LogP contribution < -0.4 is 14.8 Å². The van der Waals surface area contributed by atoms with Crippen LogP contribution in [-0.2, 0) is 10.0 Å². The maximum Gasteiger partial charge on any atom is 0.261 e. The fourth-order valence-electron chi connectivity index (χ4n) is 2.46. The maximum atomic E-state index is 12.7. The Morgan fingerprint density at radius 2 is 1.76 bits per heavy atom. The normalized spacial score (nSPS) is 11.8. The summed E-state index contributed by atoms with van der Waals surface area (Å²) < 4.78 is 33.1. The third-order valence-electron chi connectivity index (χ3n) is 4.04. The predicted octanol–water partition coefficient (Wildman–Crippen LogP) is 4.07. The second-order valence-corrected chi connectivity index (χ2v) is 11.1. The van der Waals surface area contributed by atoms with E-state index >= 15 is 0 Å². The minimum atomic E-state index is -3.78. The third kappa shape index (κ3) is 6.97. The Morgan fingerprint density at radius 1 is 1.10 bits per heavy atom. The molecule has 0 saturated carbocycles. The van der Waals surface area contributed by atoms with E-state index in [0.717, 1.165) is 11.3 Å². The van der Waals surface area contributed by atoms with Crippen LogP contribution in [0.1, 0.15) is 36.7 Å². The lowest BCUT2D eigenvalue weighted by molar-refractivity contribution is 0.0956. The standard InChI is InChI=1S/C21H28N2O4S2/c1-15-6-7-16(20(24)22-12-13-28-21(2,3)4)14-19(15)23-29(25,26)18-10-8-17(27-5)9-11-18/h6-11,14,23H,12-13H2,1-5H3,(H,22,24). The SMILES string of the molecule is COc1ccc(S(=O)(=O)Nc2cc(C(=O)NCCSC(C)(C)C)ccc2C)cc1. The molecular weight excluding hydrogens is 408 g/mol. The van der Waals surface area contributed by atoms with E-state index in [2.05, 4.69) is 30.8 Å². The average molecular weight is 437 g/mol. The number of hydrogen-bond donors (Lipinski definition) is 2. The Kier molecular flexibility index (Phi) is 7.60. The van der Waals surface area contributed by atoms with Crippen LogP contribution >= 0.6 is 11.8 Å². The largest absolute Gasteiger partial charge is 0.497 e. The van der Waals surface area contributed by atoms with Crippen LogP contribution in [0.25, 0.3) is 0 Å². The van der Waals surface area contributed by atoms with Gasteiger partial charge in [0.1, 0.15) is 5.75 Å². The molecular formula is C21H28N2O4S2. The maximum absolute atomic E-state index is 12.7. The summed E-state index contributed by atoms with van der Waals surface area (Å²) in [5.41, 5.74) is 1.50. The van der Waals surface area contributed by atoms with E-state index in [1.165, 1.54) is 19.2 Å². The van der Waals surface area contributed by atoms with Crippen LogP contribution in [0, 0.1) is 6.92 Å². The molecule has 8 heteroatoms. The first-order valence-corrected chi connectivity index (χ1v) is 11.7. The van der Waals surface area contributed by atoms with Gasteiger partial charge < -0.3 is 10.1 Å². The van der Waals surface area contributed by atoms with Gasteiger partial charge in [-0.3, -0.25) is 9.52 Å².